The number of benzene rings is 1. The van der Waals surface area contributed by atoms with Gasteiger partial charge in [0.25, 0.3) is 0 Å². The molecule has 1 amide bonds. The van der Waals surface area contributed by atoms with Crippen LogP contribution in [0, 0.1) is 13.8 Å². The van der Waals surface area contributed by atoms with Crippen LogP contribution in [-0.2, 0) is 29.1 Å². The van der Waals surface area contributed by atoms with Crippen LogP contribution in [0.15, 0.2) is 23.4 Å². The molecule has 0 saturated carbocycles. The van der Waals surface area contributed by atoms with Gasteiger partial charge in [0.05, 0.1) is 23.4 Å². The Kier molecular flexibility index (Phi) is 8.98. The molecule has 8 nitrogen and oxygen atoms in total. The number of carbonyl (C=O) groups excluding carboxylic acids is 2. The number of rotatable bonds is 10. The summed E-state index contributed by atoms with van der Waals surface area (Å²) < 4.78 is 12.7. The van der Waals surface area contributed by atoms with Gasteiger partial charge in [-0.15, -0.1) is 21.5 Å². The van der Waals surface area contributed by atoms with E-state index in [1.807, 2.05) is 44.4 Å². The first-order chi connectivity index (χ1) is 16.3. The number of aryl methyl sites for hydroxylation is 2. The summed E-state index contributed by atoms with van der Waals surface area (Å²) in [5.74, 6) is 0.640. The number of ether oxygens (including phenoxy) is 2. The zero-order chi connectivity index (χ0) is 24.8. The molecule has 2 heterocycles. The molecule has 1 N–H and O–H groups in total. The number of nitrogens with zero attached hydrogens (tertiary/aromatic N) is 3. The minimum absolute atomic E-state index is 0.113. The van der Waals surface area contributed by atoms with Gasteiger partial charge in [0.15, 0.2) is 11.0 Å². The molecule has 0 spiro atoms. The topological polar surface area (TPSA) is 95.3 Å². The van der Waals surface area contributed by atoms with E-state index in [1.165, 1.54) is 30.2 Å². The van der Waals surface area contributed by atoms with Gasteiger partial charge in [0, 0.05) is 11.4 Å². The SMILES string of the molecule is CCc1c(C)sc(NC(=O)CSc2nnc(COc3cc(C)ccc3Cl)n2CC)c1C(=O)OC. The third kappa shape index (κ3) is 5.92. The smallest absolute Gasteiger partial charge is 0.341 e. The van der Waals surface area contributed by atoms with E-state index in [2.05, 4.69) is 15.5 Å². The summed E-state index contributed by atoms with van der Waals surface area (Å²) >= 11 is 8.85. The van der Waals surface area contributed by atoms with Crippen LogP contribution in [0.3, 0.4) is 0 Å². The predicted octanol–water partition coefficient (Wildman–Crippen LogP) is 5.29. The number of nitrogens with one attached hydrogen (secondary N) is 1. The molecule has 3 aromatic rings. The van der Waals surface area contributed by atoms with Crippen molar-refractivity contribution >= 4 is 51.6 Å². The lowest BCUT2D eigenvalue weighted by Gasteiger charge is -2.10. The average Bonchev–Trinajstić information content (AvgIpc) is 3.36. The fourth-order valence-electron chi connectivity index (χ4n) is 3.42. The van der Waals surface area contributed by atoms with Gasteiger partial charge < -0.3 is 19.4 Å². The average molecular weight is 523 g/mol. The van der Waals surface area contributed by atoms with E-state index < -0.39 is 5.97 Å². The molecule has 0 unspecified atom stereocenters. The summed E-state index contributed by atoms with van der Waals surface area (Å²) in [4.78, 5) is 25.9. The first-order valence-corrected chi connectivity index (χ1v) is 12.9. The van der Waals surface area contributed by atoms with E-state index in [-0.39, 0.29) is 18.3 Å². The van der Waals surface area contributed by atoms with Crippen molar-refractivity contribution < 1.29 is 19.1 Å². The lowest BCUT2D eigenvalue weighted by atomic mass is 10.1. The van der Waals surface area contributed by atoms with Gasteiger partial charge in [0.2, 0.25) is 5.91 Å². The predicted molar refractivity (Wildman–Crippen MR) is 135 cm³/mol. The van der Waals surface area contributed by atoms with E-state index in [0.29, 0.717) is 45.3 Å². The summed E-state index contributed by atoms with van der Waals surface area (Å²) in [5, 5.41) is 12.9. The van der Waals surface area contributed by atoms with Crippen molar-refractivity contribution in [2.45, 2.75) is 52.4 Å². The monoisotopic (exact) mass is 522 g/mol. The minimum atomic E-state index is -0.451. The molecule has 0 saturated heterocycles. The zero-order valence-electron chi connectivity index (χ0n) is 19.7. The van der Waals surface area contributed by atoms with Crippen LogP contribution >= 0.6 is 34.7 Å². The van der Waals surface area contributed by atoms with Crippen molar-refractivity contribution in [3.05, 3.63) is 50.6 Å². The molecule has 182 valence electrons. The molecular formula is C23H27ClN4O4S2. The van der Waals surface area contributed by atoms with Gasteiger partial charge in [-0.3, -0.25) is 4.79 Å². The van der Waals surface area contributed by atoms with Crippen molar-refractivity contribution in [2.24, 2.45) is 0 Å². The molecule has 1 aromatic carbocycles. The number of hydrogen-bond acceptors (Lipinski definition) is 8. The number of esters is 1. The number of thiophene rings is 1. The molecule has 0 atom stereocenters. The number of halogens is 1. The Bertz CT molecular complexity index is 1190. The summed E-state index contributed by atoms with van der Waals surface area (Å²) in [6.07, 6.45) is 0.676. The Morgan fingerprint density at radius 3 is 2.68 bits per heavy atom. The van der Waals surface area contributed by atoms with Crippen molar-refractivity contribution in [2.75, 3.05) is 18.2 Å². The first-order valence-electron chi connectivity index (χ1n) is 10.7. The van der Waals surface area contributed by atoms with Crippen LogP contribution in [0.1, 0.15) is 46.0 Å². The Balaban J connectivity index is 1.66. The maximum absolute atomic E-state index is 12.7. The molecule has 3 rings (SSSR count). The highest BCUT2D eigenvalue weighted by Crippen LogP contribution is 2.34. The summed E-state index contributed by atoms with van der Waals surface area (Å²) in [7, 11) is 1.34. The molecule has 0 bridgehead atoms. The number of anilines is 1. The second-order valence-electron chi connectivity index (χ2n) is 7.39. The number of carbonyl (C=O) groups is 2. The van der Waals surface area contributed by atoms with Crippen LogP contribution in [-0.4, -0.2) is 39.5 Å². The van der Waals surface area contributed by atoms with Gasteiger partial charge in [-0.05, 0) is 50.5 Å². The van der Waals surface area contributed by atoms with Crippen LogP contribution < -0.4 is 10.1 Å². The quantitative estimate of drug-likeness (QED) is 0.285. The number of thioether (sulfide) groups is 1. The molecule has 0 aliphatic rings. The normalized spacial score (nSPS) is 10.9. The van der Waals surface area contributed by atoms with Crippen molar-refractivity contribution in [3.63, 3.8) is 0 Å². The standard InChI is InChI=1S/C23H27ClN4O4S2/c1-6-15-14(4)34-21(20(15)22(30)31-5)25-19(29)12-33-23-27-26-18(28(23)7-2)11-32-17-10-13(3)8-9-16(17)24/h8-10H,6-7,11-12H2,1-5H3,(H,25,29). The maximum Gasteiger partial charge on any atom is 0.341 e. The second kappa shape index (κ2) is 11.7. The third-order valence-corrected chi connectivity index (χ3v) is 7.43. The van der Waals surface area contributed by atoms with Crippen molar-refractivity contribution in [3.8, 4) is 5.75 Å². The minimum Gasteiger partial charge on any atom is -0.484 e. The first kappa shape index (κ1) is 26.1. The highest BCUT2D eigenvalue weighted by Gasteiger charge is 2.23. The van der Waals surface area contributed by atoms with Crippen LogP contribution in [0.2, 0.25) is 5.02 Å². The Morgan fingerprint density at radius 2 is 2.00 bits per heavy atom. The van der Waals surface area contributed by atoms with Gasteiger partial charge in [-0.2, -0.15) is 0 Å². The third-order valence-electron chi connectivity index (χ3n) is 5.09. The molecule has 2 aromatic heterocycles. The van der Waals surface area contributed by atoms with Crippen molar-refractivity contribution in [1.29, 1.82) is 0 Å². The molecule has 0 aliphatic heterocycles. The zero-order valence-corrected chi connectivity index (χ0v) is 22.1. The van der Waals surface area contributed by atoms with Crippen LogP contribution in [0.25, 0.3) is 0 Å². The number of amides is 1. The van der Waals surface area contributed by atoms with Gasteiger partial charge >= 0.3 is 5.97 Å². The van der Waals surface area contributed by atoms with E-state index in [1.54, 1.807) is 6.07 Å². The Hall–Kier alpha value is -2.56. The van der Waals surface area contributed by atoms with Crippen LogP contribution in [0.4, 0.5) is 5.00 Å². The van der Waals surface area contributed by atoms with Gasteiger partial charge in [0.1, 0.15) is 17.4 Å². The Labute approximate surface area is 212 Å². The van der Waals surface area contributed by atoms with Gasteiger partial charge in [-0.25, -0.2) is 4.79 Å². The molecule has 0 fully saturated rings. The number of aromatic nitrogens is 3. The fourth-order valence-corrected chi connectivity index (χ4v) is 5.56. The number of methoxy groups -OCH3 is 1. The van der Waals surface area contributed by atoms with E-state index in [0.717, 1.165) is 16.0 Å². The van der Waals surface area contributed by atoms with Crippen molar-refractivity contribution in [1.82, 2.24) is 14.8 Å². The molecule has 0 aliphatic carbocycles. The molecule has 34 heavy (non-hydrogen) atoms. The lowest BCUT2D eigenvalue weighted by molar-refractivity contribution is -0.113. The highest BCUT2D eigenvalue weighted by molar-refractivity contribution is 7.99. The van der Waals surface area contributed by atoms with E-state index >= 15 is 0 Å². The van der Waals surface area contributed by atoms with Gasteiger partial charge in [-0.1, -0.05) is 36.4 Å². The fraction of sp³-hybridized carbons (Fsp3) is 0.391. The summed E-state index contributed by atoms with van der Waals surface area (Å²) in [6.45, 7) is 8.65. The Morgan fingerprint density at radius 1 is 1.24 bits per heavy atom. The van der Waals surface area contributed by atoms with Crippen LogP contribution in [0.5, 0.6) is 5.75 Å². The second-order valence-corrected chi connectivity index (χ2v) is 9.96. The molecular weight excluding hydrogens is 496 g/mol. The summed E-state index contributed by atoms with van der Waals surface area (Å²) in [5.41, 5.74) is 2.36. The molecule has 0 radical (unpaired) electrons. The molecule has 11 heteroatoms. The largest absolute Gasteiger partial charge is 0.484 e. The maximum atomic E-state index is 12.7. The highest BCUT2D eigenvalue weighted by atomic mass is 35.5. The van der Waals surface area contributed by atoms with E-state index in [4.69, 9.17) is 21.1 Å². The van der Waals surface area contributed by atoms with E-state index in [9.17, 15) is 9.59 Å². The number of hydrogen-bond donors (Lipinski definition) is 1. The lowest BCUT2D eigenvalue weighted by Crippen LogP contribution is -2.17. The summed E-state index contributed by atoms with van der Waals surface area (Å²) in [6, 6.07) is 5.58.